The third-order valence-corrected chi connectivity index (χ3v) is 3.07. The van der Waals surface area contributed by atoms with Crippen LogP contribution < -0.4 is 0 Å². The Kier molecular flexibility index (Phi) is 1.95. The molecule has 1 aliphatic rings. The predicted molar refractivity (Wildman–Crippen MR) is 52.6 cm³/mol. The zero-order valence-corrected chi connectivity index (χ0v) is 8.53. The molecule has 70 valence electrons. The van der Waals surface area contributed by atoms with Crippen molar-refractivity contribution >= 4 is 17.7 Å². The molecule has 4 heteroatoms. The lowest BCUT2D eigenvalue weighted by Crippen LogP contribution is -1.91. The maximum atomic E-state index is 11.0. The first-order valence-electron chi connectivity index (χ1n) is 4.32. The molecule has 3 nitrogen and oxygen atoms in total. The molecule has 13 heavy (non-hydrogen) atoms. The van der Waals surface area contributed by atoms with E-state index in [9.17, 15) is 4.79 Å². The van der Waals surface area contributed by atoms with E-state index in [0.29, 0.717) is 11.8 Å². The Bertz CT molecular complexity index is 347. The van der Waals surface area contributed by atoms with Crippen LogP contribution in [0.2, 0.25) is 0 Å². The number of thiol groups is 1. The lowest BCUT2D eigenvalue weighted by molar-refractivity contribution is -0.112. The van der Waals surface area contributed by atoms with Crippen molar-refractivity contribution in [1.82, 2.24) is 9.78 Å². The fraction of sp³-hybridized carbons (Fsp3) is 0.556. The molecular formula is C9H12N2OS. The van der Waals surface area contributed by atoms with Gasteiger partial charge in [0.15, 0.2) is 5.12 Å². The molecule has 1 aromatic heterocycles. The molecule has 2 rings (SSSR count). The van der Waals surface area contributed by atoms with Crippen molar-refractivity contribution in [2.75, 3.05) is 0 Å². The van der Waals surface area contributed by atoms with E-state index < -0.39 is 0 Å². The third-order valence-electron chi connectivity index (χ3n) is 2.77. The first-order chi connectivity index (χ1) is 6.11. The van der Waals surface area contributed by atoms with Crippen molar-refractivity contribution in [3.05, 3.63) is 18.0 Å². The van der Waals surface area contributed by atoms with Crippen LogP contribution in [0, 0.1) is 11.8 Å². The molecule has 0 bridgehead atoms. The Morgan fingerprint density at radius 1 is 1.69 bits per heavy atom. The van der Waals surface area contributed by atoms with E-state index in [1.54, 1.807) is 4.68 Å². The molecule has 0 aromatic carbocycles. The highest BCUT2D eigenvalue weighted by Crippen LogP contribution is 2.54. The van der Waals surface area contributed by atoms with Crippen LogP contribution in [0.4, 0.5) is 0 Å². The normalized spacial score (nSPS) is 31.8. The number of aryl methyl sites for hydroxylation is 1. The topological polar surface area (TPSA) is 34.9 Å². The minimum atomic E-state index is 0.00125. The summed E-state index contributed by atoms with van der Waals surface area (Å²) in [4.78, 5) is 11.0. The van der Waals surface area contributed by atoms with Gasteiger partial charge in [0, 0.05) is 25.1 Å². The Morgan fingerprint density at radius 2 is 2.38 bits per heavy atom. The second-order valence-electron chi connectivity index (χ2n) is 3.70. The van der Waals surface area contributed by atoms with Gasteiger partial charge in [-0.2, -0.15) is 5.10 Å². The molecule has 0 aliphatic heterocycles. The molecule has 0 amide bonds. The highest BCUT2D eigenvalue weighted by molar-refractivity contribution is 7.96. The van der Waals surface area contributed by atoms with Crippen LogP contribution in [0.5, 0.6) is 0 Å². The van der Waals surface area contributed by atoms with Crippen LogP contribution in [0.25, 0.3) is 0 Å². The molecule has 0 spiro atoms. The minimum absolute atomic E-state index is 0.00125. The number of carbonyl (C=O) groups excluding carboxylic acids is 1. The lowest BCUT2D eigenvalue weighted by atomic mass is 10.2. The molecule has 1 saturated carbocycles. The van der Waals surface area contributed by atoms with Crippen molar-refractivity contribution in [2.24, 2.45) is 18.9 Å². The van der Waals surface area contributed by atoms with Crippen molar-refractivity contribution in [3.63, 3.8) is 0 Å². The van der Waals surface area contributed by atoms with Crippen molar-refractivity contribution in [1.29, 1.82) is 0 Å². The Morgan fingerprint density at radius 3 is 2.77 bits per heavy atom. The average molecular weight is 196 g/mol. The second kappa shape index (κ2) is 2.87. The van der Waals surface area contributed by atoms with Gasteiger partial charge in [-0.1, -0.05) is 6.92 Å². The zero-order valence-electron chi connectivity index (χ0n) is 7.64. The molecule has 0 radical (unpaired) electrons. The largest absolute Gasteiger partial charge is 0.287 e. The van der Waals surface area contributed by atoms with E-state index >= 15 is 0 Å². The molecule has 1 aromatic rings. The average Bonchev–Trinajstić information content (AvgIpc) is 2.51. The summed E-state index contributed by atoms with van der Waals surface area (Å²) >= 11 is 3.86. The predicted octanol–water partition coefficient (Wildman–Crippen LogP) is 1.23. The van der Waals surface area contributed by atoms with E-state index in [4.69, 9.17) is 0 Å². The van der Waals surface area contributed by atoms with Gasteiger partial charge in [0.1, 0.15) is 0 Å². The Balaban J connectivity index is 2.17. The zero-order chi connectivity index (χ0) is 9.59. The molecule has 0 saturated heterocycles. The number of rotatable bonds is 2. The van der Waals surface area contributed by atoms with Gasteiger partial charge in [-0.15, -0.1) is 12.6 Å². The van der Waals surface area contributed by atoms with Crippen LogP contribution in [-0.2, 0) is 11.8 Å². The molecule has 1 heterocycles. The Hall–Kier alpha value is -0.770. The van der Waals surface area contributed by atoms with Gasteiger partial charge in [0.25, 0.3) is 0 Å². The molecule has 0 N–H and O–H groups in total. The SMILES string of the molecule is CC1C(C(=O)S)C1c1cnn(C)c1. The van der Waals surface area contributed by atoms with Crippen LogP contribution in [0.15, 0.2) is 12.4 Å². The maximum absolute atomic E-state index is 11.0. The summed E-state index contributed by atoms with van der Waals surface area (Å²) in [6, 6.07) is 0. The van der Waals surface area contributed by atoms with Gasteiger partial charge < -0.3 is 0 Å². The van der Waals surface area contributed by atoms with Gasteiger partial charge in [-0.05, 0) is 11.5 Å². The van der Waals surface area contributed by atoms with Gasteiger partial charge in [-0.3, -0.25) is 9.48 Å². The highest BCUT2D eigenvalue weighted by Gasteiger charge is 2.51. The van der Waals surface area contributed by atoms with Gasteiger partial charge in [0.2, 0.25) is 0 Å². The van der Waals surface area contributed by atoms with Crippen molar-refractivity contribution in [2.45, 2.75) is 12.8 Å². The number of nitrogens with zero attached hydrogens (tertiary/aromatic N) is 2. The second-order valence-corrected chi connectivity index (χ2v) is 4.14. The van der Waals surface area contributed by atoms with Crippen LogP contribution >= 0.6 is 12.6 Å². The summed E-state index contributed by atoms with van der Waals surface area (Å²) < 4.78 is 1.76. The molecule has 1 aliphatic carbocycles. The van der Waals surface area contributed by atoms with E-state index in [1.165, 1.54) is 0 Å². The van der Waals surface area contributed by atoms with E-state index in [0.717, 1.165) is 5.56 Å². The minimum Gasteiger partial charge on any atom is -0.287 e. The summed E-state index contributed by atoms with van der Waals surface area (Å²) in [6.45, 7) is 2.08. The number of hydrogen-bond donors (Lipinski definition) is 1. The number of carbonyl (C=O) groups is 1. The quantitative estimate of drug-likeness (QED) is 0.722. The van der Waals surface area contributed by atoms with Gasteiger partial charge in [-0.25, -0.2) is 0 Å². The van der Waals surface area contributed by atoms with Crippen LogP contribution in [0.3, 0.4) is 0 Å². The van der Waals surface area contributed by atoms with Crippen LogP contribution in [0.1, 0.15) is 18.4 Å². The van der Waals surface area contributed by atoms with Crippen molar-refractivity contribution < 1.29 is 4.79 Å². The Labute approximate surface area is 82.5 Å². The summed E-state index contributed by atoms with van der Waals surface area (Å²) in [5, 5.41) is 4.09. The van der Waals surface area contributed by atoms with Crippen molar-refractivity contribution in [3.8, 4) is 0 Å². The number of aromatic nitrogens is 2. The van der Waals surface area contributed by atoms with Gasteiger partial charge in [0.05, 0.1) is 6.20 Å². The summed E-state index contributed by atoms with van der Waals surface area (Å²) in [6.07, 6.45) is 3.80. The van der Waals surface area contributed by atoms with E-state index in [2.05, 4.69) is 24.7 Å². The number of hydrogen-bond acceptors (Lipinski definition) is 2. The standard InChI is InChI=1S/C9H12N2OS/c1-5-7(8(5)9(12)13)6-3-10-11(2)4-6/h3-5,7-8H,1-2H3,(H,12,13). The fourth-order valence-electron chi connectivity index (χ4n) is 1.96. The monoisotopic (exact) mass is 196 g/mol. The van der Waals surface area contributed by atoms with E-state index in [1.807, 2.05) is 19.4 Å². The molecular weight excluding hydrogens is 184 g/mol. The molecule has 3 atom stereocenters. The first kappa shape index (κ1) is 8.81. The molecule has 3 unspecified atom stereocenters. The highest BCUT2D eigenvalue weighted by atomic mass is 32.1. The molecule has 1 fully saturated rings. The summed E-state index contributed by atoms with van der Waals surface area (Å²) in [5.41, 5.74) is 1.16. The summed E-state index contributed by atoms with van der Waals surface area (Å²) in [5.74, 6) is 0.875. The van der Waals surface area contributed by atoms with E-state index in [-0.39, 0.29) is 11.0 Å². The smallest absolute Gasteiger partial charge is 0.189 e. The maximum Gasteiger partial charge on any atom is 0.189 e. The summed E-state index contributed by atoms with van der Waals surface area (Å²) in [7, 11) is 1.88. The third kappa shape index (κ3) is 1.39. The lowest BCUT2D eigenvalue weighted by Gasteiger charge is -1.89. The van der Waals surface area contributed by atoms with Crippen LogP contribution in [-0.4, -0.2) is 14.9 Å². The van der Waals surface area contributed by atoms with Gasteiger partial charge >= 0.3 is 0 Å². The first-order valence-corrected chi connectivity index (χ1v) is 4.77. The fourth-order valence-corrected chi connectivity index (χ4v) is 2.36.